The first-order chi connectivity index (χ1) is 9.79. The molecule has 1 fully saturated rings. The lowest BCUT2D eigenvalue weighted by Gasteiger charge is -2.16. The Morgan fingerprint density at radius 1 is 1.20 bits per heavy atom. The van der Waals surface area contributed by atoms with Gasteiger partial charge in [0.15, 0.2) is 0 Å². The number of hydrogen-bond donors (Lipinski definition) is 2. The number of aromatic nitrogens is 2. The van der Waals surface area contributed by atoms with Crippen LogP contribution in [0.5, 0.6) is 0 Å². The van der Waals surface area contributed by atoms with Crippen molar-refractivity contribution in [1.82, 2.24) is 15.3 Å². The molecule has 1 aliphatic rings. The Morgan fingerprint density at radius 3 is 2.45 bits per heavy atom. The van der Waals surface area contributed by atoms with Crippen molar-refractivity contribution in [1.29, 1.82) is 0 Å². The molecule has 110 valence electrons. The van der Waals surface area contributed by atoms with Gasteiger partial charge in [0.2, 0.25) is 5.95 Å². The molecule has 0 saturated heterocycles. The molecule has 1 aromatic heterocycles. The molecule has 0 unspecified atom stereocenters. The Labute approximate surface area is 120 Å². The molecule has 1 saturated carbocycles. The van der Waals surface area contributed by atoms with E-state index in [4.69, 9.17) is 0 Å². The highest BCUT2D eigenvalue weighted by atomic mass is 16.1. The highest BCUT2D eigenvalue weighted by Gasteiger charge is 2.16. The summed E-state index contributed by atoms with van der Waals surface area (Å²) in [5.41, 5.74) is 0.538. The number of hydrogen-bond acceptors (Lipinski definition) is 4. The minimum Gasteiger partial charge on any atom is -0.354 e. The van der Waals surface area contributed by atoms with E-state index in [1.54, 1.807) is 12.4 Å². The molecule has 0 bridgehead atoms. The van der Waals surface area contributed by atoms with E-state index in [0.717, 1.165) is 25.8 Å². The van der Waals surface area contributed by atoms with Crippen LogP contribution in [-0.4, -0.2) is 28.5 Å². The summed E-state index contributed by atoms with van der Waals surface area (Å²) in [6, 6.07) is 0.308. The molecule has 1 aromatic rings. The number of nitrogens with one attached hydrogen (secondary N) is 2. The summed E-state index contributed by atoms with van der Waals surface area (Å²) >= 11 is 0. The largest absolute Gasteiger partial charge is 0.354 e. The van der Waals surface area contributed by atoms with Crippen LogP contribution < -0.4 is 10.6 Å². The van der Waals surface area contributed by atoms with E-state index in [9.17, 15) is 4.79 Å². The molecule has 5 nitrogen and oxygen atoms in total. The van der Waals surface area contributed by atoms with Crippen molar-refractivity contribution >= 4 is 11.9 Å². The standard InChI is InChI=1S/C15H24N4O/c1-2-9-16-15-17-10-12(11-18-15)14(20)19-13-7-5-3-4-6-8-13/h10-11,13H,2-9H2,1H3,(H,19,20)(H,16,17,18). The van der Waals surface area contributed by atoms with Gasteiger partial charge < -0.3 is 10.6 Å². The molecular weight excluding hydrogens is 252 g/mol. The van der Waals surface area contributed by atoms with Gasteiger partial charge in [-0.1, -0.05) is 32.6 Å². The maximum atomic E-state index is 12.1. The van der Waals surface area contributed by atoms with Crippen LogP contribution in [0.2, 0.25) is 0 Å². The van der Waals surface area contributed by atoms with Crippen LogP contribution in [0.4, 0.5) is 5.95 Å². The SMILES string of the molecule is CCCNc1ncc(C(=O)NC2CCCCCC2)cn1. The van der Waals surface area contributed by atoms with E-state index in [0.29, 0.717) is 17.6 Å². The van der Waals surface area contributed by atoms with Crippen LogP contribution in [-0.2, 0) is 0 Å². The Hall–Kier alpha value is -1.65. The Kier molecular flexibility index (Phi) is 5.77. The molecule has 1 heterocycles. The minimum absolute atomic E-state index is 0.0565. The van der Waals surface area contributed by atoms with E-state index < -0.39 is 0 Å². The summed E-state index contributed by atoms with van der Waals surface area (Å²) in [5.74, 6) is 0.525. The van der Waals surface area contributed by atoms with Gasteiger partial charge in [-0.05, 0) is 19.3 Å². The van der Waals surface area contributed by atoms with Crippen molar-refractivity contribution in [3.8, 4) is 0 Å². The lowest BCUT2D eigenvalue weighted by molar-refractivity contribution is 0.0932. The van der Waals surface area contributed by atoms with Crippen molar-refractivity contribution in [2.24, 2.45) is 0 Å². The molecule has 0 radical (unpaired) electrons. The van der Waals surface area contributed by atoms with Crippen molar-refractivity contribution in [3.05, 3.63) is 18.0 Å². The summed E-state index contributed by atoms with van der Waals surface area (Å²) in [6.45, 7) is 2.93. The second-order valence-corrected chi connectivity index (χ2v) is 5.38. The van der Waals surface area contributed by atoms with Crippen molar-refractivity contribution in [3.63, 3.8) is 0 Å². The van der Waals surface area contributed by atoms with Crippen LogP contribution in [0.3, 0.4) is 0 Å². The van der Waals surface area contributed by atoms with Crippen LogP contribution in [0.15, 0.2) is 12.4 Å². The molecule has 20 heavy (non-hydrogen) atoms. The summed E-state index contributed by atoms with van der Waals surface area (Å²) in [5, 5.41) is 6.19. The van der Waals surface area contributed by atoms with Crippen LogP contribution in [0, 0.1) is 0 Å². The van der Waals surface area contributed by atoms with Gasteiger partial charge >= 0.3 is 0 Å². The van der Waals surface area contributed by atoms with Gasteiger partial charge in [-0.2, -0.15) is 0 Å². The molecular formula is C15H24N4O. The van der Waals surface area contributed by atoms with Gasteiger partial charge in [0.1, 0.15) is 0 Å². The summed E-state index contributed by atoms with van der Waals surface area (Å²) in [6.07, 6.45) is 11.4. The highest BCUT2D eigenvalue weighted by Crippen LogP contribution is 2.17. The summed E-state index contributed by atoms with van der Waals surface area (Å²) in [7, 11) is 0. The third-order valence-electron chi connectivity index (χ3n) is 3.64. The topological polar surface area (TPSA) is 66.9 Å². The monoisotopic (exact) mass is 276 g/mol. The fraction of sp³-hybridized carbons (Fsp3) is 0.667. The maximum absolute atomic E-state index is 12.1. The van der Waals surface area contributed by atoms with Crippen LogP contribution >= 0.6 is 0 Å². The Balaban J connectivity index is 1.88. The first-order valence-electron chi connectivity index (χ1n) is 7.66. The van der Waals surface area contributed by atoms with Gasteiger partial charge in [0.25, 0.3) is 5.91 Å². The highest BCUT2D eigenvalue weighted by molar-refractivity contribution is 5.93. The third kappa shape index (κ3) is 4.47. The van der Waals surface area contributed by atoms with Gasteiger partial charge in [-0.25, -0.2) is 9.97 Å². The van der Waals surface area contributed by atoms with E-state index in [-0.39, 0.29) is 5.91 Å². The number of carbonyl (C=O) groups is 1. The number of rotatable bonds is 5. The molecule has 2 rings (SSSR count). The zero-order chi connectivity index (χ0) is 14.2. The summed E-state index contributed by atoms with van der Waals surface area (Å²) in [4.78, 5) is 20.5. The molecule has 0 aromatic carbocycles. The van der Waals surface area contributed by atoms with E-state index in [1.165, 1.54) is 25.7 Å². The second-order valence-electron chi connectivity index (χ2n) is 5.38. The minimum atomic E-state index is -0.0565. The lowest BCUT2D eigenvalue weighted by atomic mass is 10.1. The lowest BCUT2D eigenvalue weighted by Crippen LogP contribution is -2.34. The molecule has 0 atom stereocenters. The van der Waals surface area contributed by atoms with Crippen molar-refractivity contribution in [2.45, 2.75) is 57.9 Å². The maximum Gasteiger partial charge on any atom is 0.254 e. The molecule has 2 N–H and O–H groups in total. The average molecular weight is 276 g/mol. The van der Waals surface area contributed by atoms with Crippen molar-refractivity contribution < 1.29 is 4.79 Å². The first kappa shape index (κ1) is 14.8. The molecule has 1 aliphatic carbocycles. The van der Waals surface area contributed by atoms with Crippen LogP contribution in [0.25, 0.3) is 0 Å². The van der Waals surface area contributed by atoms with E-state index in [2.05, 4.69) is 27.5 Å². The third-order valence-corrected chi connectivity index (χ3v) is 3.64. The molecule has 5 heteroatoms. The zero-order valence-electron chi connectivity index (χ0n) is 12.2. The van der Waals surface area contributed by atoms with Gasteiger partial charge in [0.05, 0.1) is 5.56 Å². The number of nitrogens with zero attached hydrogens (tertiary/aromatic N) is 2. The average Bonchev–Trinajstić information content (AvgIpc) is 2.74. The second kappa shape index (κ2) is 7.82. The fourth-order valence-corrected chi connectivity index (χ4v) is 2.47. The Bertz CT molecular complexity index is 410. The number of amides is 1. The van der Waals surface area contributed by atoms with Crippen LogP contribution in [0.1, 0.15) is 62.2 Å². The number of anilines is 1. The quantitative estimate of drug-likeness (QED) is 0.811. The van der Waals surface area contributed by atoms with Gasteiger partial charge in [-0.15, -0.1) is 0 Å². The molecule has 0 aliphatic heterocycles. The van der Waals surface area contributed by atoms with E-state index in [1.807, 2.05) is 0 Å². The molecule has 0 spiro atoms. The first-order valence-corrected chi connectivity index (χ1v) is 7.66. The normalized spacial score (nSPS) is 16.4. The zero-order valence-corrected chi connectivity index (χ0v) is 12.2. The molecule has 1 amide bonds. The smallest absolute Gasteiger partial charge is 0.254 e. The predicted octanol–water partition coefficient (Wildman–Crippen LogP) is 2.75. The van der Waals surface area contributed by atoms with E-state index >= 15 is 0 Å². The predicted molar refractivity (Wildman–Crippen MR) is 79.8 cm³/mol. The Morgan fingerprint density at radius 2 is 1.85 bits per heavy atom. The van der Waals surface area contributed by atoms with Crippen molar-refractivity contribution in [2.75, 3.05) is 11.9 Å². The number of carbonyl (C=O) groups excluding carboxylic acids is 1. The van der Waals surface area contributed by atoms with Gasteiger partial charge in [0, 0.05) is 25.0 Å². The fourth-order valence-electron chi connectivity index (χ4n) is 2.47. The summed E-state index contributed by atoms with van der Waals surface area (Å²) < 4.78 is 0. The van der Waals surface area contributed by atoms with Gasteiger partial charge in [-0.3, -0.25) is 4.79 Å².